The molecule has 0 atom stereocenters. The third-order valence-corrected chi connectivity index (χ3v) is 4.17. The minimum atomic E-state index is 0. The van der Waals surface area contributed by atoms with Crippen molar-refractivity contribution >= 4 is 29.9 Å². The molecule has 0 aliphatic carbocycles. The van der Waals surface area contributed by atoms with Crippen molar-refractivity contribution in [3.63, 3.8) is 0 Å². The number of guanidine groups is 1. The smallest absolute Gasteiger partial charge is 0.190 e. The van der Waals surface area contributed by atoms with Crippen LogP contribution in [0.4, 0.5) is 0 Å². The molecular formula is C20H32IN5. The molecule has 2 rings (SSSR count). The third kappa shape index (κ3) is 7.35. The van der Waals surface area contributed by atoms with Crippen LogP contribution in [-0.2, 0) is 6.42 Å². The Bertz CT molecular complexity index is 664. The van der Waals surface area contributed by atoms with Crippen molar-refractivity contribution in [1.82, 2.24) is 20.4 Å². The second kappa shape index (κ2) is 11.9. The van der Waals surface area contributed by atoms with E-state index in [0.29, 0.717) is 5.92 Å². The van der Waals surface area contributed by atoms with E-state index in [1.807, 2.05) is 29.9 Å². The van der Waals surface area contributed by atoms with Crippen molar-refractivity contribution < 1.29 is 0 Å². The Morgan fingerprint density at radius 3 is 2.50 bits per heavy atom. The van der Waals surface area contributed by atoms with E-state index < -0.39 is 0 Å². The van der Waals surface area contributed by atoms with Gasteiger partial charge in [-0.2, -0.15) is 5.10 Å². The van der Waals surface area contributed by atoms with Gasteiger partial charge in [0.25, 0.3) is 0 Å². The summed E-state index contributed by atoms with van der Waals surface area (Å²) in [4.78, 5) is 4.27. The summed E-state index contributed by atoms with van der Waals surface area (Å²) in [6.07, 6.45) is 5.35. The van der Waals surface area contributed by atoms with Gasteiger partial charge >= 0.3 is 0 Å². The van der Waals surface area contributed by atoms with Crippen LogP contribution in [0, 0.1) is 12.8 Å². The van der Waals surface area contributed by atoms with Crippen LogP contribution in [-0.4, -0.2) is 35.9 Å². The molecule has 1 aromatic heterocycles. The monoisotopic (exact) mass is 469 g/mol. The highest BCUT2D eigenvalue weighted by atomic mass is 127. The third-order valence-electron chi connectivity index (χ3n) is 4.17. The first kappa shape index (κ1) is 22.5. The number of aryl methyl sites for hydroxylation is 2. The molecule has 26 heavy (non-hydrogen) atoms. The molecule has 144 valence electrons. The van der Waals surface area contributed by atoms with E-state index in [4.69, 9.17) is 0 Å². The van der Waals surface area contributed by atoms with Gasteiger partial charge in [-0.15, -0.1) is 24.0 Å². The average molecular weight is 469 g/mol. The molecule has 0 aliphatic heterocycles. The number of nitrogens with zero attached hydrogens (tertiary/aromatic N) is 3. The summed E-state index contributed by atoms with van der Waals surface area (Å²) >= 11 is 0. The van der Waals surface area contributed by atoms with Crippen molar-refractivity contribution in [3.8, 4) is 5.69 Å². The van der Waals surface area contributed by atoms with Crippen LogP contribution < -0.4 is 10.6 Å². The fraction of sp³-hybridized carbons (Fsp3) is 0.500. The summed E-state index contributed by atoms with van der Waals surface area (Å²) in [7, 11) is 1.82. The molecule has 0 saturated heterocycles. The molecular weight excluding hydrogens is 437 g/mol. The van der Waals surface area contributed by atoms with Crippen LogP contribution >= 0.6 is 24.0 Å². The summed E-state index contributed by atoms with van der Waals surface area (Å²) in [5.74, 6) is 1.59. The maximum Gasteiger partial charge on any atom is 0.190 e. The number of halogens is 1. The lowest BCUT2D eigenvalue weighted by molar-refractivity contribution is 0.573. The quantitative estimate of drug-likeness (QED) is 0.267. The number of nitrogens with one attached hydrogen (secondary N) is 2. The number of para-hydroxylation sites is 1. The number of rotatable bonds is 8. The zero-order chi connectivity index (χ0) is 18.1. The Morgan fingerprint density at radius 2 is 1.85 bits per heavy atom. The molecule has 0 saturated carbocycles. The van der Waals surface area contributed by atoms with Crippen LogP contribution in [0.15, 0.2) is 41.5 Å². The molecule has 0 aliphatic rings. The van der Waals surface area contributed by atoms with E-state index in [1.54, 1.807) is 0 Å². The summed E-state index contributed by atoms with van der Waals surface area (Å²) in [6, 6.07) is 10.2. The normalized spacial score (nSPS) is 11.3. The average Bonchev–Trinajstić information content (AvgIpc) is 2.98. The molecule has 2 N–H and O–H groups in total. The second-order valence-corrected chi connectivity index (χ2v) is 6.73. The van der Waals surface area contributed by atoms with Gasteiger partial charge in [-0.3, -0.25) is 4.99 Å². The number of benzene rings is 1. The fourth-order valence-corrected chi connectivity index (χ4v) is 2.64. The summed E-state index contributed by atoms with van der Waals surface area (Å²) in [6.45, 7) is 8.40. The van der Waals surface area contributed by atoms with Crippen molar-refractivity contribution in [2.45, 2.75) is 40.0 Å². The molecule has 1 aromatic carbocycles. The Kier molecular flexibility index (Phi) is 10.3. The predicted molar refractivity (Wildman–Crippen MR) is 121 cm³/mol. The molecule has 6 heteroatoms. The summed E-state index contributed by atoms with van der Waals surface area (Å²) in [5.41, 5.74) is 3.50. The first-order valence-corrected chi connectivity index (χ1v) is 9.15. The van der Waals surface area contributed by atoms with E-state index in [9.17, 15) is 0 Å². The van der Waals surface area contributed by atoms with Crippen molar-refractivity contribution in [3.05, 3.63) is 47.8 Å². The zero-order valence-corrected chi connectivity index (χ0v) is 18.7. The highest BCUT2D eigenvalue weighted by molar-refractivity contribution is 14.0. The Morgan fingerprint density at radius 1 is 1.15 bits per heavy atom. The van der Waals surface area contributed by atoms with Gasteiger partial charge in [0.05, 0.1) is 11.4 Å². The van der Waals surface area contributed by atoms with E-state index >= 15 is 0 Å². The van der Waals surface area contributed by atoms with Gasteiger partial charge in [0, 0.05) is 26.3 Å². The largest absolute Gasteiger partial charge is 0.356 e. The number of aliphatic imine (C=N–C) groups is 1. The minimum absolute atomic E-state index is 0. The standard InChI is InChI=1S/C20H31N5.HI/c1-16(2)12-14-23-20(21-4)22-13-8-9-18-15-25(24-17(18)3)19-10-6-5-7-11-19;/h5-7,10-11,15-16H,8-9,12-14H2,1-4H3,(H2,21,22,23);1H. The molecule has 0 unspecified atom stereocenters. The van der Waals surface area contributed by atoms with Crippen molar-refractivity contribution in [2.24, 2.45) is 10.9 Å². The van der Waals surface area contributed by atoms with Crippen LogP contribution in [0.2, 0.25) is 0 Å². The lowest BCUT2D eigenvalue weighted by Crippen LogP contribution is -2.38. The van der Waals surface area contributed by atoms with Gasteiger partial charge in [0.1, 0.15) is 0 Å². The highest BCUT2D eigenvalue weighted by Gasteiger charge is 2.06. The first-order chi connectivity index (χ1) is 12.1. The highest BCUT2D eigenvalue weighted by Crippen LogP contribution is 2.13. The van der Waals surface area contributed by atoms with E-state index in [0.717, 1.165) is 49.7 Å². The minimum Gasteiger partial charge on any atom is -0.356 e. The van der Waals surface area contributed by atoms with E-state index in [2.05, 4.69) is 59.8 Å². The van der Waals surface area contributed by atoms with Crippen molar-refractivity contribution in [2.75, 3.05) is 20.1 Å². The predicted octanol–water partition coefficient (Wildman–Crippen LogP) is 3.94. The molecule has 0 spiro atoms. The van der Waals surface area contributed by atoms with Crippen LogP contribution in [0.25, 0.3) is 5.69 Å². The van der Waals surface area contributed by atoms with Crippen LogP contribution in [0.5, 0.6) is 0 Å². The Hall–Kier alpha value is -1.57. The summed E-state index contributed by atoms with van der Waals surface area (Å²) < 4.78 is 1.96. The first-order valence-electron chi connectivity index (χ1n) is 9.15. The van der Waals surface area contributed by atoms with Gasteiger partial charge < -0.3 is 10.6 Å². The fourth-order valence-electron chi connectivity index (χ4n) is 2.64. The molecule has 2 aromatic rings. The zero-order valence-electron chi connectivity index (χ0n) is 16.3. The second-order valence-electron chi connectivity index (χ2n) is 6.73. The number of hydrogen-bond donors (Lipinski definition) is 2. The Balaban J connectivity index is 0.00000338. The molecule has 0 radical (unpaired) electrons. The molecule has 0 fully saturated rings. The maximum atomic E-state index is 4.63. The summed E-state index contributed by atoms with van der Waals surface area (Å²) in [5, 5.41) is 11.4. The lowest BCUT2D eigenvalue weighted by atomic mass is 10.1. The number of aromatic nitrogens is 2. The molecule has 0 amide bonds. The topological polar surface area (TPSA) is 54.2 Å². The van der Waals surface area contributed by atoms with E-state index in [-0.39, 0.29) is 24.0 Å². The van der Waals surface area contributed by atoms with Crippen molar-refractivity contribution in [1.29, 1.82) is 0 Å². The Labute approximate surface area is 174 Å². The number of hydrogen-bond acceptors (Lipinski definition) is 2. The van der Waals surface area contributed by atoms with Crippen LogP contribution in [0.3, 0.4) is 0 Å². The van der Waals surface area contributed by atoms with Gasteiger partial charge in [-0.05, 0) is 49.8 Å². The van der Waals surface area contributed by atoms with Gasteiger partial charge in [0.15, 0.2) is 5.96 Å². The SMILES string of the molecule is CN=C(NCCCc1cn(-c2ccccc2)nc1C)NCCC(C)C.I. The molecule has 5 nitrogen and oxygen atoms in total. The maximum absolute atomic E-state index is 4.63. The van der Waals surface area contributed by atoms with Crippen LogP contribution in [0.1, 0.15) is 37.9 Å². The van der Waals surface area contributed by atoms with Gasteiger partial charge in [-0.25, -0.2) is 4.68 Å². The molecule has 1 heterocycles. The van der Waals surface area contributed by atoms with E-state index in [1.165, 1.54) is 5.56 Å². The van der Waals surface area contributed by atoms with Gasteiger partial charge in [0.2, 0.25) is 0 Å². The lowest BCUT2D eigenvalue weighted by Gasteiger charge is -2.12. The van der Waals surface area contributed by atoms with Gasteiger partial charge in [-0.1, -0.05) is 32.0 Å². The molecule has 0 bridgehead atoms.